The van der Waals surface area contributed by atoms with E-state index in [9.17, 15) is 24.6 Å². The van der Waals surface area contributed by atoms with Crippen LogP contribution in [0.5, 0.6) is 0 Å². The van der Waals surface area contributed by atoms with Gasteiger partial charge in [-0.15, -0.1) is 0 Å². The Morgan fingerprint density at radius 1 is 1.07 bits per heavy atom. The molecule has 9 heteroatoms. The fourth-order valence-corrected chi connectivity index (χ4v) is 10.7. The Kier molecular flexibility index (Phi) is 8.13. The molecule has 12 atom stereocenters. The number of esters is 2. The number of carbonyl (C=O) groups is 3. The van der Waals surface area contributed by atoms with Crippen molar-refractivity contribution in [2.75, 3.05) is 7.11 Å². The topological polar surface area (TPSA) is 129 Å². The number of hydrogen-bond acceptors (Lipinski definition) is 9. The van der Waals surface area contributed by atoms with Crippen molar-refractivity contribution in [1.29, 1.82) is 0 Å². The van der Waals surface area contributed by atoms with Gasteiger partial charge in [0.15, 0.2) is 12.1 Å². The summed E-state index contributed by atoms with van der Waals surface area (Å²) in [6.45, 7) is 16.5. The van der Waals surface area contributed by atoms with Gasteiger partial charge in [-0.1, -0.05) is 52.3 Å². The highest BCUT2D eigenvalue weighted by Crippen LogP contribution is 2.73. The monoisotopic (exact) mass is 616 g/mol. The normalized spacial score (nSPS) is 45.1. The van der Waals surface area contributed by atoms with Crippen molar-refractivity contribution in [3.05, 3.63) is 23.8 Å². The third-order valence-electron chi connectivity index (χ3n) is 12.5. The molecule has 0 aromatic heterocycles. The second-order valence-corrected chi connectivity index (χ2v) is 15.9. The first-order valence-corrected chi connectivity index (χ1v) is 16.1. The number of carbonyl (C=O) groups excluding carboxylic acids is 3. The van der Waals surface area contributed by atoms with E-state index in [0.29, 0.717) is 25.7 Å². The van der Waals surface area contributed by atoms with E-state index in [0.717, 1.165) is 0 Å². The predicted octanol–water partition coefficient (Wildman–Crippen LogP) is 4.53. The lowest BCUT2D eigenvalue weighted by Crippen LogP contribution is -2.68. The van der Waals surface area contributed by atoms with Crippen LogP contribution < -0.4 is 0 Å². The van der Waals surface area contributed by atoms with Crippen LogP contribution in [-0.4, -0.2) is 71.4 Å². The molecule has 2 saturated carbocycles. The Morgan fingerprint density at radius 2 is 1.70 bits per heavy atom. The van der Waals surface area contributed by atoms with Crippen molar-refractivity contribution in [2.24, 2.45) is 45.3 Å². The van der Waals surface area contributed by atoms with Crippen LogP contribution in [0.4, 0.5) is 0 Å². The highest BCUT2D eigenvalue weighted by molar-refractivity contribution is 5.95. The number of aliphatic hydroxyl groups excluding tert-OH is 1. The van der Waals surface area contributed by atoms with Gasteiger partial charge in [-0.3, -0.25) is 14.4 Å². The molecule has 5 aliphatic rings. The van der Waals surface area contributed by atoms with Crippen LogP contribution in [0.1, 0.15) is 88.0 Å². The number of hydrogen-bond donors (Lipinski definition) is 2. The molecule has 9 nitrogen and oxygen atoms in total. The molecule has 12 unspecified atom stereocenters. The summed E-state index contributed by atoms with van der Waals surface area (Å²) in [6.07, 6.45) is 4.93. The zero-order valence-electron chi connectivity index (χ0n) is 28.0. The minimum atomic E-state index is -1.35. The molecule has 0 aromatic carbocycles. The number of fused-ring (bicyclic) bond motifs is 5. The van der Waals surface area contributed by atoms with Crippen LogP contribution in [0.3, 0.4) is 0 Å². The third-order valence-corrected chi connectivity index (χ3v) is 12.5. The van der Waals surface area contributed by atoms with Gasteiger partial charge in [-0.05, 0) is 68.3 Å². The van der Waals surface area contributed by atoms with E-state index in [-0.39, 0.29) is 41.4 Å². The Balaban J connectivity index is 1.63. The molecule has 2 N–H and O–H groups in total. The van der Waals surface area contributed by atoms with Crippen LogP contribution >= 0.6 is 0 Å². The van der Waals surface area contributed by atoms with Crippen LogP contribution in [0.15, 0.2) is 23.8 Å². The summed E-state index contributed by atoms with van der Waals surface area (Å²) in [6, 6.07) is 0. The van der Waals surface area contributed by atoms with E-state index in [4.69, 9.17) is 18.9 Å². The lowest BCUT2D eigenvalue weighted by molar-refractivity contribution is -0.220. The van der Waals surface area contributed by atoms with Crippen LogP contribution in [-0.2, 0) is 33.3 Å². The first-order valence-electron chi connectivity index (χ1n) is 16.1. The third kappa shape index (κ3) is 4.83. The zero-order valence-corrected chi connectivity index (χ0v) is 28.0. The minimum absolute atomic E-state index is 0.0145. The highest BCUT2D eigenvalue weighted by atomic mass is 16.7. The van der Waals surface area contributed by atoms with Crippen LogP contribution in [0, 0.1) is 45.3 Å². The van der Waals surface area contributed by atoms with Crippen molar-refractivity contribution in [2.45, 2.75) is 124 Å². The summed E-state index contributed by atoms with van der Waals surface area (Å²) in [5.74, 6) is -1.20. The van der Waals surface area contributed by atoms with Crippen molar-refractivity contribution >= 4 is 17.7 Å². The highest BCUT2D eigenvalue weighted by Gasteiger charge is 2.72. The molecule has 0 amide bonds. The molecule has 0 bridgehead atoms. The average molecular weight is 617 g/mol. The largest absolute Gasteiger partial charge is 0.462 e. The number of rotatable bonds is 6. The van der Waals surface area contributed by atoms with Gasteiger partial charge in [-0.25, -0.2) is 0 Å². The maximum Gasteiger partial charge on any atom is 0.302 e. The first-order chi connectivity index (χ1) is 20.2. The number of allylic oxidation sites excluding steroid dienone is 3. The lowest BCUT2D eigenvalue weighted by atomic mass is 9.37. The maximum atomic E-state index is 13.2. The van der Waals surface area contributed by atoms with E-state index < -0.39 is 58.0 Å². The Morgan fingerprint density at radius 3 is 2.27 bits per heavy atom. The molecule has 3 fully saturated rings. The van der Waals surface area contributed by atoms with Gasteiger partial charge in [0.1, 0.15) is 18.3 Å². The summed E-state index contributed by atoms with van der Waals surface area (Å²) in [7, 11) is 1.60. The van der Waals surface area contributed by atoms with E-state index in [1.54, 1.807) is 27.0 Å². The van der Waals surface area contributed by atoms with Gasteiger partial charge in [0.25, 0.3) is 0 Å². The van der Waals surface area contributed by atoms with Gasteiger partial charge < -0.3 is 29.2 Å². The fourth-order valence-electron chi connectivity index (χ4n) is 10.7. The molecule has 246 valence electrons. The van der Waals surface area contributed by atoms with Gasteiger partial charge in [0.2, 0.25) is 0 Å². The number of aliphatic hydroxyl groups is 2. The minimum Gasteiger partial charge on any atom is -0.462 e. The second-order valence-electron chi connectivity index (χ2n) is 15.9. The summed E-state index contributed by atoms with van der Waals surface area (Å²) in [5, 5.41) is 21.5. The molecule has 0 radical (unpaired) electrons. The Labute approximate surface area is 261 Å². The van der Waals surface area contributed by atoms with E-state index in [1.165, 1.54) is 19.4 Å². The number of methoxy groups -OCH3 is 1. The number of ether oxygens (including phenoxy) is 4. The smallest absolute Gasteiger partial charge is 0.302 e. The summed E-state index contributed by atoms with van der Waals surface area (Å²) >= 11 is 0. The molecule has 1 aliphatic heterocycles. The maximum absolute atomic E-state index is 13.2. The van der Waals surface area contributed by atoms with E-state index in [2.05, 4.69) is 26.8 Å². The van der Waals surface area contributed by atoms with Crippen LogP contribution in [0.25, 0.3) is 0 Å². The molecule has 0 spiro atoms. The summed E-state index contributed by atoms with van der Waals surface area (Å²) in [5.41, 5.74) is -2.56. The first kappa shape index (κ1) is 33.3. The van der Waals surface area contributed by atoms with Crippen molar-refractivity contribution < 1.29 is 43.5 Å². The molecular formula is C35H52O9. The predicted molar refractivity (Wildman–Crippen MR) is 162 cm³/mol. The summed E-state index contributed by atoms with van der Waals surface area (Å²) in [4.78, 5) is 38.6. The lowest BCUT2D eigenvalue weighted by Gasteiger charge is -2.67. The van der Waals surface area contributed by atoms with Gasteiger partial charge >= 0.3 is 11.9 Å². The van der Waals surface area contributed by atoms with Crippen molar-refractivity contribution in [3.8, 4) is 0 Å². The van der Waals surface area contributed by atoms with Gasteiger partial charge in [0.05, 0.1) is 11.7 Å². The number of ketones is 1. The quantitative estimate of drug-likeness (QED) is 0.327. The average Bonchev–Trinajstić information content (AvgIpc) is 3.47. The zero-order chi connectivity index (χ0) is 32.8. The summed E-state index contributed by atoms with van der Waals surface area (Å²) < 4.78 is 24.5. The van der Waals surface area contributed by atoms with E-state index in [1.807, 2.05) is 19.9 Å². The van der Waals surface area contributed by atoms with Crippen molar-refractivity contribution in [1.82, 2.24) is 0 Å². The molecule has 1 heterocycles. The second kappa shape index (κ2) is 10.7. The van der Waals surface area contributed by atoms with Gasteiger partial charge in [0, 0.05) is 43.6 Å². The van der Waals surface area contributed by atoms with Crippen molar-refractivity contribution in [3.63, 3.8) is 0 Å². The Hall–Kier alpha value is -2.07. The van der Waals surface area contributed by atoms with Crippen LogP contribution in [0.2, 0.25) is 0 Å². The standard InChI is InChI=1S/C35H52O9/c1-18(36)42-23-17-34(8)21(20-15-22(44-30(20)41-10)29(39)32(5,6)40)11-12-24(34)35(9)27(43-19(2)37)16-25-31(3,4)26(38)13-14-33(25,7)28(23)35/h12-14,20-23,25,27-30,39-40H,11,15-17H2,1-10H3. The SMILES string of the molecule is COC1OC(C(O)C(C)(C)O)CC1C1CC=C2C1(C)CC(OC(C)=O)C1C3(C)C=CC(=O)C(C)(C)C3CC(OC(C)=O)C21C. The molecule has 5 rings (SSSR count). The molecule has 4 aliphatic carbocycles. The molecular weight excluding hydrogens is 564 g/mol. The Bertz CT molecular complexity index is 1260. The molecule has 0 aromatic rings. The molecule has 1 saturated heterocycles. The molecule has 44 heavy (non-hydrogen) atoms. The van der Waals surface area contributed by atoms with Gasteiger partial charge in [-0.2, -0.15) is 0 Å². The van der Waals surface area contributed by atoms with E-state index >= 15 is 0 Å². The fraction of sp³-hybridized carbons (Fsp3) is 0.800.